The van der Waals surface area contributed by atoms with Crippen molar-refractivity contribution < 1.29 is 36.2 Å². The summed E-state index contributed by atoms with van der Waals surface area (Å²) in [6.45, 7) is 0. The number of rotatable bonds is 2. The van der Waals surface area contributed by atoms with Gasteiger partial charge in [-0.25, -0.2) is 4.79 Å². The van der Waals surface area contributed by atoms with Gasteiger partial charge in [0.05, 0.1) is 0 Å². The Hall–Kier alpha value is -0.570. The van der Waals surface area contributed by atoms with Crippen molar-refractivity contribution in [2.24, 2.45) is 0 Å². The van der Waals surface area contributed by atoms with Gasteiger partial charge in [0.1, 0.15) is 0 Å². The molecule has 0 saturated carbocycles. The second kappa shape index (κ2) is 4.74. The Morgan fingerprint density at radius 3 is 1.38 bits per heavy atom. The number of carboxylic acid groups (broad SMARTS) is 1. The van der Waals surface area contributed by atoms with Gasteiger partial charge in [0, 0.05) is 0 Å². The van der Waals surface area contributed by atoms with Crippen LogP contribution in [0.25, 0.3) is 0 Å². The van der Waals surface area contributed by atoms with Gasteiger partial charge in [-0.15, -0.1) is 0 Å². The molecule has 0 radical (unpaired) electrons. The molecule has 0 aromatic rings. The molecule has 16 heavy (non-hydrogen) atoms. The molecule has 0 aromatic carbocycles. The molecule has 1 amide bonds. The summed E-state index contributed by atoms with van der Waals surface area (Å²) >= 11 is 9.11. The van der Waals surface area contributed by atoms with E-state index in [1.54, 1.807) is 0 Å². The summed E-state index contributed by atoms with van der Waals surface area (Å²) in [6, 6.07) is 0. The van der Waals surface area contributed by atoms with Crippen LogP contribution in [0.15, 0.2) is 0 Å². The van der Waals surface area contributed by atoms with Crippen LogP contribution in [0.4, 0.5) is 31.1 Å². The first-order valence-corrected chi connectivity index (χ1v) is 4.19. The Bertz CT molecular complexity index is 247. The summed E-state index contributed by atoms with van der Waals surface area (Å²) in [5.41, 5.74) is -6.76. The van der Waals surface area contributed by atoms with E-state index in [1.165, 1.54) is 0 Å². The van der Waals surface area contributed by atoms with E-state index in [0.29, 0.717) is 0 Å². The average Bonchev–Trinajstić information content (AvgIpc) is 1.99. The Morgan fingerprint density at radius 1 is 1.00 bits per heavy atom. The van der Waals surface area contributed by atoms with E-state index in [1.807, 2.05) is 0 Å². The first kappa shape index (κ1) is 15.4. The largest absolute Gasteiger partial charge is 0.465 e. The molecule has 3 nitrogen and oxygen atoms in total. The van der Waals surface area contributed by atoms with Gasteiger partial charge in [0.15, 0.2) is 0 Å². The Morgan fingerprint density at radius 2 is 1.25 bits per heavy atom. The summed E-state index contributed by atoms with van der Waals surface area (Å²) in [4.78, 5) is 9.10. The van der Waals surface area contributed by atoms with Crippen molar-refractivity contribution >= 4 is 29.3 Å². The van der Waals surface area contributed by atoms with Gasteiger partial charge in [0.25, 0.3) is 0 Å². The van der Waals surface area contributed by atoms with Crippen LogP contribution in [0, 0.1) is 0 Å². The fourth-order valence-electron chi connectivity index (χ4n) is 0.624. The molecule has 0 aliphatic heterocycles. The lowest BCUT2D eigenvalue weighted by molar-refractivity contribution is -0.192. The monoisotopic (exact) mass is 293 g/mol. The average molecular weight is 294 g/mol. The summed E-state index contributed by atoms with van der Waals surface area (Å²) in [6.07, 6.45) is -13.3. The van der Waals surface area contributed by atoms with Crippen LogP contribution in [-0.2, 0) is 0 Å². The van der Waals surface area contributed by atoms with Crippen molar-refractivity contribution in [3.05, 3.63) is 0 Å². The first-order chi connectivity index (χ1) is 6.89. The quantitative estimate of drug-likeness (QED) is 0.482. The van der Waals surface area contributed by atoms with Crippen molar-refractivity contribution in [3.8, 4) is 0 Å². The van der Waals surface area contributed by atoms with Gasteiger partial charge in [-0.1, -0.05) is 23.2 Å². The Balaban J connectivity index is 5.11. The number of alkyl halides is 8. The highest BCUT2D eigenvalue weighted by atomic mass is 35.5. The zero-order valence-corrected chi connectivity index (χ0v) is 8.49. The summed E-state index contributed by atoms with van der Waals surface area (Å²) in [5, 5.41) is 8.20. The topological polar surface area (TPSA) is 40.5 Å². The van der Waals surface area contributed by atoms with Gasteiger partial charge in [0.2, 0.25) is 11.0 Å². The molecule has 0 fully saturated rings. The van der Waals surface area contributed by atoms with Crippen LogP contribution in [0.2, 0.25) is 0 Å². The maximum absolute atomic E-state index is 11.9. The molecule has 2 atom stereocenters. The zero-order chi connectivity index (χ0) is 13.3. The van der Waals surface area contributed by atoms with Crippen LogP contribution >= 0.6 is 23.2 Å². The first-order valence-electron chi connectivity index (χ1n) is 3.32. The third kappa shape index (κ3) is 3.78. The van der Waals surface area contributed by atoms with Crippen LogP contribution in [-0.4, -0.2) is 39.5 Å². The summed E-state index contributed by atoms with van der Waals surface area (Å²) < 4.78 is 71.7. The van der Waals surface area contributed by atoms with Gasteiger partial charge < -0.3 is 5.11 Å². The predicted molar refractivity (Wildman–Crippen MR) is 41.3 cm³/mol. The minimum atomic E-state index is -5.36. The molecule has 1 N–H and O–H groups in total. The molecule has 2 unspecified atom stereocenters. The number of hydrogen-bond acceptors (Lipinski definition) is 1. The number of halogens is 8. The molecule has 0 bridgehead atoms. The third-order valence-electron chi connectivity index (χ3n) is 1.25. The van der Waals surface area contributed by atoms with Gasteiger partial charge in [-0.3, -0.25) is 4.90 Å². The van der Waals surface area contributed by atoms with Crippen molar-refractivity contribution in [1.82, 2.24) is 4.90 Å². The molecule has 0 rings (SSSR count). The summed E-state index contributed by atoms with van der Waals surface area (Å²) in [7, 11) is 0. The Labute approximate surface area is 94.5 Å². The van der Waals surface area contributed by atoms with E-state index >= 15 is 0 Å². The second-order valence-electron chi connectivity index (χ2n) is 2.44. The molecule has 0 aromatic heterocycles. The molecule has 0 spiro atoms. The fourth-order valence-corrected chi connectivity index (χ4v) is 1.07. The third-order valence-corrected chi connectivity index (χ3v) is 2.16. The normalized spacial score (nSPS) is 16.8. The van der Waals surface area contributed by atoms with Gasteiger partial charge >= 0.3 is 18.4 Å². The van der Waals surface area contributed by atoms with E-state index in [9.17, 15) is 31.1 Å². The molecule has 0 aliphatic rings. The zero-order valence-electron chi connectivity index (χ0n) is 6.98. The maximum atomic E-state index is 11.9. The molecular weight excluding hydrogens is 291 g/mol. The highest BCUT2D eigenvalue weighted by molar-refractivity contribution is 6.25. The van der Waals surface area contributed by atoms with E-state index < -0.39 is 34.3 Å². The van der Waals surface area contributed by atoms with Crippen molar-refractivity contribution in [2.75, 3.05) is 0 Å². The highest BCUT2D eigenvalue weighted by Crippen LogP contribution is 2.35. The maximum Gasteiger partial charge on any atom is 0.423 e. The van der Waals surface area contributed by atoms with Crippen LogP contribution in [0.3, 0.4) is 0 Å². The minimum Gasteiger partial charge on any atom is -0.465 e. The lowest BCUT2D eigenvalue weighted by atomic mass is 10.4. The minimum absolute atomic E-state index is 1.14. The standard InChI is InChI=1S/C5H3Cl2F6NO2/c6-1(4(8,9)10)14(3(15)16)2(7)5(11,12)13/h1-2H,(H,15,16). The summed E-state index contributed by atoms with van der Waals surface area (Å²) in [5.74, 6) is 0. The molecule has 0 aliphatic carbocycles. The van der Waals surface area contributed by atoms with E-state index in [2.05, 4.69) is 23.2 Å². The SMILES string of the molecule is O=C(O)N(C(Cl)C(F)(F)F)C(Cl)C(F)(F)F. The fraction of sp³-hybridized carbons (Fsp3) is 0.800. The van der Waals surface area contributed by atoms with E-state index in [0.717, 1.165) is 0 Å². The van der Waals surface area contributed by atoms with Crippen LogP contribution < -0.4 is 0 Å². The number of hydrogen-bond donors (Lipinski definition) is 1. The molecule has 11 heteroatoms. The van der Waals surface area contributed by atoms with Crippen molar-refractivity contribution in [2.45, 2.75) is 23.4 Å². The smallest absolute Gasteiger partial charge is 0.423 e. The van der Waals surface area contributed by atoms with Crippen LogP contribution in [0.1, 0.15) is 0 Å². The molecular formula is C5H3Cl2F6NO2. The number of nitrogens with zero attached hydrogens (tertiary/aromatic N) is 1. The van der Waals surface area contributed by atoms with Crippen molar-refractivity contribution in [1.29, 1.82) is 0 Å². The molecule has 96 valence electrons. The molecule has 0 saturated heterocycles. The number of amides is 1. The number of carbonyl (C=O) groups is 1. The Kier molecular flexibility index (Phi) is 4.57. The lowest BCUT2D eigenvalue weighted by Crippen LogP contribution is -2.53. The van der Waals surface area contributed by atoms with Gasteiger partial charge in [-0.2, -0.15) is 26.3 Å². The van der Waals surface area contributed by atoms with Crippen LogP contribution in [0.5, 0.6) is 0 Å². The van der Waals surface area contributed by atoms with E-state index in [-0.39, 0.29) is 0 Å². The van der Waals surface area contributed by atoms with E-state index in [4.69, 9.17) is 5.11 Å². The van der Waals surface area contributed by atoms with Gasteiger partial charge in [-0.05, 0) is 0 Å². The second-order valence-corrected chi connectivity index (χ2v) is 3.27. The lowest BCUT2D eigenvalue weighted by Gasteiger charge is -2.30. The highest BCUT2D eigenvalue weighted by Gasteiger charge is 2.54. The predicted octanol–water partition coefficient (Wildman–Crippen LogP) is 3.22. The molecule has 0 heterocycles. The van der Waals surface area contributed by atoms with Crippen molar-refractivity contribution in [3.63, 3.8) is 0 Å².